The van der Waals surface area contributed by atoms with E-state index < -0.39 is 33.4 Å². The summed E-state index contributed by atoms with van der Waals surface area (Å²) >= 11 is 0. The summed E-state index contributed by atoms with van der Waals surface area (Å²) in [4.78, 5) is 10.9. The molecule has 4 atom stereocenters. The highest BCUT2D eigenvalue weighted by atomic mass is 32.2. The number of aliphatic hydroxyl groups excluding tert-OH is 1. The number of aliphatic hydroxyl groups is 1. The molecule has 2 rings (SSSR count). The van der Waals surface area contributed by atoms with Crippen LogP contribution < -0.4 is 4.72 Å². The van der Waals surface area contributed by atoms with Gasteiger partial charge in [-0.2, -0.15) is 4.72 Å². The van der Waals surface area contributed by atoms with Crippen molar-refractivity contribution in [3.05, 3.63) is 35.9 Å². The Bertz CT molecular complexity index is 584. The third-order valence-electron chi connectivity index (χ3n) is 3.40. The summed E-state index contributed by atoms with van der Waals surface area (Å²) in [5.41, 5.74) is 0.923. The van der Waals surface area contributed by atoms with Gasteiger partial charge in [-0.3, -0.25) is 4.79 Å². The van der Waals surface area contributed by atoms with Gasteiger partial charge in [0.1, 0.15) is 6.04 Å². The lowest BCUT2D eigenvalue weighted by Gasteiger charge is -2.17. The second kappa shape index (κ2) is 5.51. The number of carboxylic acids is 1. The molecule has 20 heavy (non-hydrogen) atoms. The first-order valence-electron chi connectivity index (χ1n) is 6.30. The minimum Gasteiger partial charge on any atom is -0.480 e. The standard InChI is InChI=1S/C13H17NO5S/c1-8(15)12(13(16)17)14-20(18,19)11-7-10(11)9-5-3-2-4-6-9/h2-6,8,10-12,14-15H,7H2,1H3,(H,16,17)/t8-,10?,11?,12-/m0/s1. The molecule has 1 aromatic rings. The summed E-state index contributed by atoms with van der Waals surface area (Å²) in [6.07, 6.45) is -0.831. The lowest BCUT2D eigenvalue weighted by molar-refractivity contribution is -0.141. The second-order valence-electron chi connectivity index (χ2n) is 5.01. The maximum atomic E-state index is 12.1. The summed E-state index contributed by atoms with van der Waals surface area (Å²) in [5, 5.41) is 17.6. The van der Waals surface area contributed by atoms with E-state index in [-0.39, 0.29) is 5.92 Å². The molecule has 1 aromatic carbocycles. The number of nitrogens with one attached hydrogen (secondary N) is 1. The monoisotopic (exact) mass is 299 g/mol. The van der Waals surface area contributed by atoms with Crippen LogP contribution in [0.25, 0.3) is 0 Å². The van der Waals surface area contributed by atoms with E-state index in [9.17, 15) is 18.3 Å². The van der Waals surface area contributed by atoms with Crippen LogP contribution in [0.15, 0.2) is 30.3 Å². The van der Waals surface area contributed by atoms with E-state index in [4.69, 9.17) is 5.11 Å². The number of sulfonamides is 1. The van der Waals surface area contributed by atoms with Crippen molar-refractivity contribution >= 4 is 16.0 Å². The van der Waals surface area contributed by atoms with Gasteiger partial charge in [0.2, 0.25) is 10.0 Å². The molecule has 0 saturated heterocycles. The van der Waals surface area contributed by atoms with E-state index in [0.29, 0.717) is 6.42 Å². The average Bonchev–Trinajstić information content (AvgIpc) is 3.17. The highest BCUT2D eigenvalue weighted by Crippen LogP contribution is 2.45. The molecule has 1 aliphatic carbocycles. The molecule has 0 spiro atoms. The van der Waals surface area contributed by atoms with E-state index >= 15 is 0 Å². The van der Waals surface area contributed by atoms with Crippen molar-refractivity contribution in [3.8, 4) is 0 Å². The Labute approximate surface area is 117 Å². The maximum absolute atomic E-state index is 12.1. The molecule has 1 aliphatic rings. The molecular weight excluding hydrogens is 282 g/mol. The minimum atomic E-state index is -3.76. The number of hydrogen-bond donors (Lipinski definition) is 3. The predicted molar refractivity (Wildman–Crippen MR) is 72.7 cm³/mol. The van der Waals surface area contributed by atoms with Crippen LogP contribution in [0, 0.1) is 0 Å². The van der Waals surface area contributed by atoms with E-state index in [1.807, 2.05) is 30.3 Å². The Balaban J connectivity index is 2.08. The number of aliphatic carboxylic acids is 1. The number of carbonyl (C=O) groups is 1. The lowest BCUT2D eigenvalue weighted by atomic mass is 10.1. The highest BCUT2D eigenvalue weighted by Gasteiger charge is 2.49. The van der Waals surface area contributed by atoms with Crippen molar-refractivity contribution in [3.63, 3.8) is 0 Å². The first kappa shape index (κ1) is 15.0. The van der Waals surface area contributed by atoms with Gasteiger partial charge in [0.05, 0.1) is 11.4 Å². The maximum Gasteiger partial charge on any atom is 0.324 e. The van der Waals surface area contributed by atoms with Gasteiger partial charge < -0.3 is 10.2 Å². The van der Waals surface area contributed by atoms with Gasteiger partial charge in [-0.15, -0.1) is 0 Å². The average molecular weight is 299 g/mol. The third-order valence-corrected chi connectivity index (χ3v) is 5.30. The predicted octanol–water partition coefficient (Wildman–Crippen LogP) is 0.296. The van der Waals surface area contributed by atoms with Crippen molar-refractivity contribution in [1.29, 1.82) is 0 Å². The Morgan fingerprint density at radius 3 is 2.45 bits per heavy atom. The summed E-state index contributed by atoms with van der Waals surface area (Å²) < 4.78 is 26.3. The SMILES string of the molecule is C[C@H](O)[C@H](NS(=O)(=O)C1CC1c1ccccc1)C(=O)O. The van der Waals surface area contributed by atoms with Crippen LogP contribution in [0.2, 0.25) is 0 Å². The quantitative estimate of drug-likeness (QED) is 0.700. The van der Waals surface area contributed by atoms with Crippen molar-refractivity contribution in [2.75, 3.05) is 0 Å². The highest BCUT2D eigenvalue weighted by molar-refractivity contribution is 7.90. The molecule has 2 unspecified atom stereocenters. The summed E-state index contributed by atoms with van der Waals surface area (Å²) in [7, 11) is -3.76. The lowest BCUT2D eigenvalue weighted by Crippen LogP contribution is -2.48. The molecule has 0 aromatic heterocycles. The minimum absolute atomic E-state index is 0.114. The van der Waals surface area contributed by atoms with Gasteiger partial charge in [-0.1, -0.05) is 30.3 Å². The Kier molecular flexibility index (Phi) is 4.12. The van der Waals surface area contributed by atoms with Gasteiger partial charge in [-0.05, 0) is 18.9 Å². The van der Waals surface area contributed by atoms with Crippen LogP contribution in [0.3, 0.4) is 0 Å². The topological polar surface area (TPSA) is 104 Å². The van der Waals surface area contributed by atoms with Gasteiger partial charge in [0, 0.05) is 5.92 Å². The van der Waals surface area contributed by atoms with Crippen molar-refractivity contribution in [1.82, 2.24) is 4.72 Å². The Morgan fingerprint density at radius 2 is 1.95 bits per heavy atom. The number of benzene rings is 1. The molecule has 0 heterocycles. The molecule has 0 aliphatic heterocycles. The summed E-state index contributed by atoms with van der Waals surface area (Å²) in [6, 6.07) is 7.70. The smallest absolute Gasteiger partial charge is 0.324 e. The fourth-order valence-corrected chi connectivity index (χ4v) is 4.06. The molecule has 3 N–H and O–H groups in total. The van der Waals surface area contributed by atoms with Gasteiger partial charge in [0.25, 0.3) is 0 Å². The number of rotatable bonds is 6. The zero-order chi connectivity index (χ0) is 14.9. The Hall–Kier alpha value is -1.44. The van der Waals surface area contributed by atoms with Gasteiger partial charge >= 0.3 is 5.97 Å². The van der Waals surface area contributed by atoms with Crippen LogP contribution in [-0.4, -0.2) is 42.0 Å². The largest absolute Gasteiger partial charge is 0.480 e. The molecule has 1 saturated carbocycles. The molecule has 110 valence electrons. The number of carboxylic acid groups (broad SMARTS) is 1. The summed E-state index contributed by atoms with van der Waals surface area (Å²) in [6.45, 7) is 1.24. The number of hydrogen-bond acceptors (Lipinski definition) is 4. The Morgan fingerprint density at radius 1 is 1.35 bits per heavy atom. The van der Waals surface area contributed by atoms with E-state index in [1.165, 1.54) is 6.92 Å². The second-order valence-corrected chi connectivity index (χ2v) is 6.94. The fourth-order valence-electron chi connectivity index (χ4n) is 2.19. The molecular formula is C13H17NO5S. The molecule has 6 nitrogen and oxygen atoms in total. The van der Waals surface area contributed by atoms with E-state index in [1.54, 1.807) is 0 Å². The van der Waals surface area contributed by atoms with Crippen molar-refractivity contribution < 1.29 is 23.4 Å². The first-order chi connectivity index (χ1) is 9.33. The van der Waals surface area contributed by atoms with Gasteiger partial charge in [0.15, 0.2) is 0 Å². The van der Waals surface area contributed by atoms with Crippen LogP contribution >= 0.6 is 0 Å². The van der Waals surface area contributed by atoms with Crippen LogP contribution in [0.1, 0.15) is 24.8 Å². The molecule has 0 amide bonds. The van der Waals surface area contributed by atoms with E-state index in [0.717, 1.165) is 5.56 Å². The molecule has 0 radical (unpaired) electrons. The molecule has 0 bridgehead atoms. The zero-order valence-electron chi connectivity index (χ0n) is 10.9. The normalized spacial score (nSPS) is 24.9. The van der Waals surface area contributed by atoms with Crippen molar-refractivity contribution in [2.45, 2.75) is 36.7 Å². The third kappa shape index (κ3) is 3.17. The zero-order valence-corrected chi connectivity index (χ0v) is 11.7. The fraction of sp³-hybridized carbons (Fsp3) is 0.462. The van der Waals surface area contributed by atoms with Crippen LogP contribution in [0.4, 0.5) is 0 Å². The van der Waals surface area contributed by atoms with Crippen LogP contribution in [0.5, 0.6) is 0 Å². The summed E-state index contributed by atoms with van der Waals surface area (Å²) in [5.74, 6) is -1.50. The van der Waals surface area contributed by atoms with Crippen LogP contribution in [-0.2, 0) is 14.8 Å². The molecule has 1 fully saturated rings. The van der Waals surface area contributed by atoms with Gasteiger partial charge in [-0.25, -0.2) is 8.42 Å². The molecule has 7 heteroatoms. The van der Waals surface area contributed by atoms with E-state index in [2.05, 4.69) is 4.72 Å². The first-order valence-corrected chi connectivity index (χ1v) is 7.84. The van der Waals surface area contributed by atoms with Crippen molar-refractivity contribution in [2.24, 2.45) is 0 Å².